The van der Waals surface area contributed by atoms with Gasteiger partial charge < -0.3 is 16.0 Å². The fraction of sp³-hybridized carbons (Fsp3) is 0.385. The van der Waals surface area contributed by atoms with Crippen LogP contribution in [0.25, 0.3) is 0 Å². The molecule has 0 radical (unpaired) electrons. The Morgan fingerprint density at radius 3 is 2.39 bits per heavy atom. The van der Waals surface area contributed by atoms with E-state index in [0.717, 1.165) is 5.56 Å². The molecule has 1 rings (SSSR count). The van der Waals surface area contributed by atoms with Crippen molar-refractivity contribution in [1.82, 2.24) is 10.2 Å². The molecule has 0 fully saturated rings. The largest absolute Gasteiger partial charge is 0.355 e. The topological polar surface area (TPSA) is 75.4 Å². The molecule has 0 aliphatic rings. The molecule has 2 amide bonds. The Balaban J connectivity index is 2.63. The summed E-state index contributed by atoms with van der Waals surface area (Å²) in [6.07, 6.45) is 0.354. The van der Waals surface area contributed by atoms with E-state index < -0.39 is 0 Å². The maximum absolute atomic E-state index is 11.6. The van der Waals surface area contributed by atoms with Crippen LogP contribution in [0.2, 0.25) is 0 Å². The lowest BCUT2D eigenvalue weighted by molar-refractivity contribution is -0.130. The number of nitrogens with zero attached hydrogens (tertiary/aromatic N) is 1. The van der Waals surface area contributed by atoms with Gasteiger partial charge in [-0.25, -0.2) is 0 Å². The van der Waals surface area contributed by atoms with Gasteiger partial charge in [0.05, 0.1) is 0 Å². The summed E-state index contributed by atoms with van der Waals surface area (Å²) in [6.45, 7) is 0.881. The molecule has 5 heteroatoms. The van der Waals surface area contributed by atoms with E-state index in [2.05, 4.69) is 5.32 Å². The standard InChI is InChI=1S/C13H19N3O2/c1-15-13(18)11-5-3-10(4-6-11)9-16(2)12(17)7-8-14/h3-6H,7-9,14H2,1-2H3,(H,15,18). The van der Waals surface area contributed by atoms with Gasteiger partial charge in [0.1, 0.15) is 0 Å². The van der Waals surface area contributed by atoms with Crippen molar-refractivity contribution < 1.29 is 9.59 Å². The van der Waals surface area contributed by atoms with E-state index in [1.807, 2.05) is 12.1 Å². The van der Waals surface area contributed by atoms with Crippen molar-refractivity contribution in [2.45, 2.75) is 13.0 Å². The Kier molecular flexibility index (Phi) is 5.32. The van der Waals surface area contributed by atoms with Crippen LogP contribution in [0.3, 0.4) is 0 Å². The van der Waals surface area contributed by atoms with Crippen LogP contribution >= 0.6 is 0 Å². The van der Waals surface area contributed by atoms with Gasteiger partial charge in [-0.15, -0.1) is 0 Å². The van der Waals surface area contributed by atoms with Gasteiger partial charge in [0.2, 0.25) is 5.91 Å². The lowest BCUT2D eigenvalue weighted by atomic mass is 10.1. The number of hydrogen-bond donors (Lipinski definition) is 2. The number of carbonyl (C=O) groups is 2. The van der Waals surface area contributed by atoms with E-state index >= 15 is 0 Å². The van der Waals surface area contributed by atoms with Crippen LogP contribution < -0.4 is 11.1 Å². The minimum absolute atomic E-state index is 0.0212. The molecular weight excluding hydrogens is 230 g/mol. The Hall–Kier alpha value is -1.88. The smallest absolute Gasteiger partial charge is 0.251 e. The van der Waals surface area contributed by atoms with Gasteiger partial charge in [-0.05, 0) is 17.7 Å². The molecule has 0 saturated carbocycles. The third-order valence-electron chi connectivity index (χ3n) is 2.65. The van der Waals surface area contributed by atoms with Crippen molar-refractivity contribution in [2.75, 3.05) is 20.6 Å². The number of nitrogens with one attached hydrogen (secondary N) is 1. The predicted octanol–water partition coefficient (Wildman–Crippen LogP) is 0.353. The van der Waals surface area contributed by atoms with E-state index in [9.17, 15) is 9.59 Å². The van der Waals surface area contributed by atoms with Crippen molar-refractivity contribution >= 4 is 11.8 Å². The predicted molar refractivity (Wildman–Crippen MR) is 70.0 cm³/mol. The molecule has 0 unspecified atom stereocenters. The Morgan fingerprint density at radius 2 is 1.89 bits per heavy atom. The van der Waals surface area contributed by atoms with Crippen LogP contribution in [-0.4, -0.2) is 37.4 Å². The summed E-state index contributed by atoms with van der Waals surface area (Å²) in [4.78, 5) is 24.5. The minimum atomic E-state index is -0.117. The Morgan fingerprint density at radius 1 is 1.28 bits per heavy atom. The average Bonchev–Trinajstić information content (AvgIpc) is 2.39. The second-order valence-corrected chi connectivity index (χ2v) is 4.06. The number of rotatable bonds is 5. The van der Waals surface area contributed by atoms with E-state index in [4.69, 9.17) is 5.73 Å². The van der Waals surface area contributed by atoms with E-state index in [1.165, 1.54) is 0 Å². The molecule has 18 heavy (non-hydrogen) atoms. The molecule has 0 bridgehead atoms. The highest BCUT2D eigenvalue weighted by atomic mass is 16.2. The zero-order valence-electron chi connectivity index (χ0n) is 10.8. The molecule has 98 valence electrons. The molecule has 0 aromatic heterocycles. The normalized spacial score (nSPS) is 9.94. The zero-order valence-corrected chi connectivity index (χ0v) is 10.8. The summed E-state index contributed by atoms with van der Waals surface area (Å²) in [5, 5.41) is 2.56. The molecule has 5 nitrogen and oxygen atoms in total. The highest BCUT2D eigenvalue weighted by Crippen LogP contribution is 2.07. The number of amides is 2. The van der Waals surface area contributed by atoms with Crippen molar-refractivity contribution in [3.63, 3.8) is 0 Å². The third kappa shape index (κ3) is 3.85. The number of benzene rings is 1. The van der Waals surface area contributed by atoms with E-state index in [1.54, 1.807) is 31.1 Å². The van der Waals surface area contributed by atoms with Crippen LogP contribution in [0, 0.1) is 0 Å². The molecule has 1 aromatic rings. The van der Waals surface area contributed by atoms with E-state index in [-0.39, 0.29) is 11.8 Å². The highest BCUT2D eigenvalue weighted by Gasteiger charge is 2.08. The summed E-state index contributed by atoms with van der Waals surface area (Å²) in [6, 6.07) is 7.18. The molecule has 0 heterocycles. The van der Waals surface area contributed by atoms with Crippen molar-refractivity contribution in [1.29, 1.82) is 0 Å². The maximum Gasteiger partial charge on any atom is 0.251 e. The van der Waals surface area contributed by atoms with Crippen LogP contribution in [0.15, 0.2) is 24.3 Å². The number of hydrogen-bond acceptors (Lipinski definition) is 3. The van der Waals surface area contributed by atoms with Crippen LogP contribution in [0.1, 0.15) is 22.3 Å². The quantitative estimate of drug-likeness (QED) is 0.791. The molecule has 0 spiro atoms. The van der Waals surface area contributed by atoms with Gasteiger partial charge in [-0.2, -0.15) is 0 Å². The zero-order chi connectivity index (χ0) is 13.5. The number of nitrogens with two attached hydrogens (primary N) is 1. The van der Waals surface area contributed by atoms with Crippen LogP contribution in [0.5, 0.6) is 0 Å². The maximum atomic E-state index is 11.6. The molecule has 1 aromatic carbocycles. The first kappa shape index (κ1) is 14.2. The third-order valence-corrected chi connectivity index (χ3v) is 2.65. The summed E-state index contributed by atoms with van der Waals surface area (Å²) >= 11 is 0. The van der Waals surface area contributed by atoms with Crippen molar-refractivity contribution in [2.24, 2.45) is 5.73 Å². The second-order valence-electron chi connectivity index (χ2n) is 4.06. The molecular formula is C13H19N3O2. The summed E-state index contributed by atoms with van der Waals surface area (Å²) < 4.78 is 0. The molecule has 0 atom stereocenters. The first-order valence-electron chi connectivity index (χ1n) is 5.83. The monoisotopic (exact) mass is 249 g/mol. The van der Waals surface area contributed by atoms with Gasteiger partial charge in [0.15, 0.2) is 0 Å². The van der Waals surface area contributed by atoms with Gasteiger partial charge in [0, 0.05) is 39.2 Å². The molecule has 0 aliphatic heterocycles. The van der Waals surface area contributed by atoms with Crippen LogP contribution in [0.4, 0.5) is 0 Å². The first-order chi connectivity index (χ1) is 8.58. The van der Waals surface area contributed by atoms with Gasteiger partial charge >= 0.3 is 0 Å². The van der Waals surface area contributed by atoms with Gasteiger partial charge in [0.25, 0.3) is 5.91 Å². The fourth-order valence-electron chi connectivity index (χ4n) is 1.58. The SMILES string of the molecule is CNC(=O)c1ccc(CN(C)C(=O)CCN)cc1. The van der Waals surface area contributed by atoms with Gasteiger partial charge in [-0.1, -0.05) is 12.1 Å². The summed E-state index contributed by atoms with van der Waals surface area (Å²) in [7, 11) is 3.33. The fourth-order valence-corrected chi connectivity index (χ4v) is 1.58. The van der Waals surface area contributed by atoms with Crippen molar-refractivity contribution in [3.05, 3.63) is 35.4 Å². The summed E-state index contributed by atoms with van der Waals surface area (Å²) in [5.41, 5.74) is 6.93. The number of carbonyl (C=O) groups excluding carboxylic acids is 2. The molecule has 3 N–H and O–H groups in total. The first-order valence-corrected chi connectivity index (χ1v) is 5.83. The minimum Gasteiger partial charge on any atom is -0.355 e. The Labute approximate surface area is 107 Å². The van der Waals surface area contributed by atoms with Crippen LogP contribution in [-0.2, 0) is 11.3 Å². The highest BCUT2D eigenvalue weighted by molar-refractivity contribution is 5.93. The lowest BCUT2D eigenvalue weighted by Gasteiger charge is -2.17. The Bertz CT molecular complexity index is 415. The van der Waals surface area contributed by atoms with Crippen molar-refractivity contribution in [3.8, 4) is 0 Å². The lowest BCUT2D eigenvalue weighted by Crippen LogP contribution is -2.28. The van der Waals surface area contributed by atoms with Gasteiger partial charge in [-0.3, -0.25) is 9.59 Å². The summed E-state index contributed by atoms with van der Waals surface area (Å²) in [5.74, 6) is -0.0954. The molecule has 0 saturated heterocycles. The molecule has 0 aliphatic carbocycles. The van der Waals surface area contributed by atoms with E-state index in [0.29, 0.717) is 25.1 Å². The second kappa shape index (κ2) is 6.76. The average molecular weight is 249 g/mol.